The zero-order chi connectivity index (χ0) is 66.2. The van der Waals surface area contributed by atoms with Crippen LogP contribution in [0.1, 0.15) is 207 Å². The van der Waals surface area contributed by atoms with E-state index >= 15 is 0 Å². The lowest BCUT2D eigenvalue weighted by atomic mass is 9.63. The molecule has 5 saturated carbocycles. The molecule has 0 aromatic carbocycles. The zero-order valence-electron chi connectivity index (χ0n) is 60.2. The maximum absolute atomic E-state index is 12.3. The molecule has 7 rings (SSSR count). The van der Waals surface area contributed by atoms with Gasteiger partial charge in [-0.3, -0.25) is 0 Å². The highest BCUT2D eigenvalue weighted by atomic mass is 28.4. The molecule has 0 radical (unpaired) electrons. The van der Waals surface area contributed by atoms with Crippen LogP contribution in [0.3, 0.4) is 0 Å². The quantitative estimate of drug-likeness (QED) is 0.0761. The Morgan fingerprint density at radius 3 is 1.24 bits per heavy atom. The normalized spacial score (nSPS) is 30.5. The average Bonchev–Trinajstić information content (AvgIpc) is 1.64. The third kappa shape index (κ3) is 17.6. The van der Waals surface area contributed by atoms with E-state index in [1.807, 2.05) is 6.92 Å². The summed E-state index contributed by atoms with van der Waals surface area (Å²) in [6.07, 6.45) is 29.6. The number of aliphatic carboxylic acids is 1. The van der Waals surface area contributed by atoms with Crippen LogP contribution in [-0.2, 0) is 41.5 Å². The summed E-state index contributed by atoms with van der Waals surface area (Å²) in [6, 6.07) is 0. The van der Waals surface area contributed by atoms with E-state index in [0.29, 0.717) is 11.8 Å². The van der Waals surface area contributed by atoms with Crippen LogP contribution >= 0.6 is 0 Å². The summed E-state index contributed by atoms with van der Waals surface area (Å²) < 4.78 is 45.5. The van der Waals surface area contributed by atoms with E-state index in [4.69, 9.17) is 37.0 Å². The first-order chi connectivity index (χ1) is 40.2. The number of carbonyl (C=O) groups excluding carboxylic acids is 1. The first-order valence-corrected chi connectivity index (χ1v) is 45.8. The third-order valence-corrected chi connectivity index (χ3v) is 41.9. The van der Waals surface area contributed by atoms with E-state index in [-0.39, 0.29) is 92.9 Å². The van der Waals surface area contributed by atoms with Crippen molar-refractivity contribution in [1.29, 1.82) is 0 Å². The molecule has 7 aliphatic rings. The second-order valence-corrected chi connectivity index (χ2v) is 53.3. The Morgan fingerprint density at radius 2 is 0.909 bits per heavy atom. The van der Waals surface area contributed by atoms with Crippen molar-refractivity contribution in [3.63, 3.8) is 0 Å². The van der Waals surface area contributed by atoms with Crippen molar-refractivity contribution in [1.82, 2.24) is 0 Å². The van der Waals surface area contributed by atoms with Crippen molar-refractivity contribution in [2.24, 2.45) is 22.7 Å². The summed E-state index contributed by atoms with van der Waals surface area (Å²) in [5.41, 5.74) is 10.5. The Labute approximate surface area is 541 Å². The SMILES string of the molecule is C=C1C(=CC=C2CCC[C@]3(C)C([C@H](C)OCC(=O)O)=CCC23)C[C@@H](O[Si](C)(C)C(C)(C)C)C[C@@H]1O[Si](C)(C)C(C)(C)C.C=C1C(=CC=C2CCC[C@]3(C)C([C@H](C)OCC(=O)OC4CCC4)=CC[C@@H]23)C[C@@H](O[Si](C)(C)C(C)(C)C)C[C@@H]1O[Si](C)(C)C(C)(C)C. The van der Waals surface area contributed by atoms with Gasteiger partial charge in [0.05, 0.1) is 36.6 Å². The van der Waals surface area contributed by atoms with Gasteiger partial charge < -0.3 is 37.0 Å². The van der Waals surface area contributed by atoms with E-state index in [1.165, 1.54) is 33.4 Å². The molecule has 10 atom stereocenters. The van der Waals surface area contributed by atoms with Crippen molar-refractivity contribution >= 4 is 45.2 Å². The fraction of sp³-hybridized carbons (Fsp3) is 0.757. The van der Waals surface area contributed by atoms with Crippen LogP contribution in [-0.4, -0.2) is 106 Å². The highest BCUT2D eigenvalue weighted by Gasteiger charge is 2.50. The number of fused-ring (bicyclic) bond motifs is 2. The van der Waals surface area contributed by atoms with E-state index in [2.05, 4.69) is 206 Å². The smallest absolute Gasteiger partial charge is 0.332 e. The van der Waals surface area contributed by atoms with Gasteiger partial charge in [-0.05, 0) is 226 Å². The number of carbonyl (C=O) groups is 2. The molecule has 0 spiro atoms. The number of carboxylic acids is 1. The van der Waals surface area contributed by atoms with E-state index in [0.717, 1.165) is 107 Å². The van der Waals surface area contributed by atoms with Gasteiger partial charge >= 0.3 is 11.9 Å². The second kappa shape index (κ2) is 28.2. The molecule has 0 aliphatic heterocycles. The molecule has 0 aromatic heterocycles. The first kappa shape index (κ1) is 74.5. The minimum Gasteiger partial charge on any atom is -0.480 e. The van der Waals surface area contributed by atoms with Crippen molar-refractivity contribution in [3.05, 3.63) is 94.2 Å². The molecule has 1 unspecified atom stereocenters. The van der Waals surface area contributed by atoms with Crippen LogP contribution in [0.25, 0.3) is 0 Å². The van der Waals surface area contributed by atoms with Crippen LogP contribution in [0.15, 0.2) is 94.2 Å². The fourth-order valence-electron chi connectivity index (χ4n) is 13.8. The maximum atomic E-state index is 12.3. The fourth-order valence-corrected chi connectivity index (χ4v) is 19.1. The highest BCUT2D eigenvalue weighted by Crippen LogP contribution is 2.58. The van der Waals surface area contributed by atoms with Crippen LogP contribution in [0.2, 0.25) is 72.5 Å². The van der Waals surface area contributed by atoms with Gasteiger partial charge in [0.15, 0.2) is 33.3 Å². The third-order valence-electron chi connectivity index (χ3n) is 23.8. The number of hydrogen-bond donors (Lipinski definition) is 1. The molecular weight excluding hydrogens is 1160 g/mol. The van der Waals surface area contributed by atoms with Gasteiger partial charge in [0.2, 0.25) is 0 Å². The lowest BCUT2D eigenvalue weighted by Crippen LogP contribution is -2.49. The summed E-state index contributed by atoms with van der Waals surface area (Å²) in [6.45, 7) is 64.4. The minimum atomic E-state index is -2.01. The molecule has 0 amide bonds. The molecule has 0 bridgehead atoms. The molecule has 498 valence electrons. The van der Waals surface area contributed by atoms with Crippen molar-refractivity contribution in [2.75, 3.05) is 13.2 Å². The Bertz CT molecular complexity index is 2710. The lowest BCUT2D eigenvalue weighted by molar-refractivity contribution is -0.159. The van der Waals surface area contributed by atoms with Crippen LogP contribution in [0, 0.1) is 22.7 Å². The Morgan fingerprint density at radius 1 is 0.557 bits per heavy atom. The van der Waals surface area contributed by atoms with Gasteiger partial charge in [0.25, 0.3) is 0 Å². The number of carboxylic acid groups (broad SMARTS) is 1. The van der Waals surface area contributed by atoms with E-state index < -0.39 is 39.2 Å². The van der Waals surface area contributed by atoms with Crippen LogP contribution < -0.4 is 0 Å². The summed E-state index contributed by atoms with van der Waals surface area (Å²) in [7, 11) is -7.93. The van der Waals surface area contributed by atoms with Crippen molar-refractivity contribution in [2.45, 2.75) is 322 Å². The molecular formula is C74H126O10Si4. The molecule has 0 saturated heterocycles. The highest BCUT2D eigenvalue weighted by molar-refractivity contribution is 6.75. The van der Waals surface area contributed by atoms with Crippen LogP contribution in [0.4, 0.5) is 0 Å². The average molecular weight is 1290 g/mol. The van der Waals surface area contributed by atoms with Crippen LogP contribution in [0.5, 0.6) is 0 Å². The standard InChI is InChI=1S/C39H66O5Si2.C35H60O5Si2/c1-27-30(24-32(43-45(10,11)37(3,4)5)25-35(27)44-46(12,13)38(6,7)8)20-19-29-16-15-23-39(9)33(21-22-34(29)39)28(2)41-26-36(40)42-31-17-14-18-31;1-24-27(17-16-26-15-14-20-35(9)29(18-19-30(26)35)25(2)38-23-32(36)37)21-28(39-41(10,11)33(3,4)5)22-31(24)40-42(12,13)34(6,7)8/h19-21,28,31-32,34-35H,1,14-18,22-26H2,2-13H3;16-18,25,28,30-31H,1,14-15,19-23H2,2-13H3,(H,36,37)/t28-,32+,34-,35-,39+;25-,28+,30?,31-,35+/m00/s1. The minimum absolute atomic E-state index is 0.00599. The number of rotatable bonds is 19. The van der Waals surface area contributed by atoms with Gasteiger partial charge in [-0.1, -0.05) is 158 Å². The van der Waals surface area contributed by atoms with Gasteiger partial charge in [-0.2, -0.15) is 0 Å². The van der Waals surface area contributed by atoms with Gasteiger partial charge in [-0.25, -0.2) is 9.59 Å². The maximum Gasteiger partial charge on any atom is 0.332 e. The molecule has 0 heterocycles. The molecule has 0 aromatic rings. The largest absolute Gasteiger partial charge is 0.480 e. The predicted molar refractivity (Wildman–Crippen MR) is 376 cm³/mol. The predicted octanol–water partition coefficient (Wildman–Crippen LogP) is 20.2. The monoisotopic (exact) mass is 1290 g/mol. The van der Waals surface area contributed by atoms with Gasteiger partial charge in [0.1, 0.15) is 19.3 Å². The molecule has 14 heteroatoms. The molecule has 7 aliphatic carbocycles. The topological polar surface area (TPSA) is 119 Å². The summed E-state index contributed by atoms with van der Waals surface area (Å²) in [4.78, 5) is 23.4. The molecule has 88 heavy (non-hydrogen) atoms. The zero-order valence-corrected chi connectivity index (χ0v) is 64.2. The van der Waals surface area contributed by atoms with Gasteiger partial charge in [-0.15, -0.1) is 0 Å². The molecule has 10 nitrogen and oxygen atoms in total. The Hall–Kier alpha value is -2.51. The number of allylic oxidation sites excluding steroid dienone is 8. The van der Waals surface area contributed by atoms with E-state index in [1.54, 1.807) is 0 Å². The first-order valence-electron chi connectivity index (χ1n) is 34.2. The number of hydrogen-bond acceptors (Lipinski definition) is 9. The van der Waals surface area contributed by atoms with Crippen molar-refractivity contribution in [3.8, 4) is 0 Å². The van der Waals surface area contributed by atoms with E-state index in [9.17, 15) is 9.59 Å². The molecule has 5 fully saturated rings. The molecule has 1 N–H and O–H groups in total. The Kier molecular flexibility index (Phi) is 23.9. The lowest BCUT2D eigenvalue weighted by Gasteiger charge is -2.45. The summed E-state index contributed by atoms with van der Waals surface area (Å²) in [5, 5.41) is 9.67. The number of esters is 1. The second-order valence-electron chi connectivity index (χ2n) is 34.3. The Balaban J connectivity index is 0.000000282. The summed E-state index contributed by atoms with van der Waals surface area (Å²) >= 11 is 0. The van der Waals surface area contributed by atoms with Gasteiger partial charge in [0, 0.05) is 12.8 Å². The van der Waals surface area contributed by atoms with Crippen molar-refractivity contribution < 1.29 is 46.6 Å². The number of ether oxygens (including phenoxy) is 3. The summed E-state index contributed by atoms with van der Waals surface area (Å²) in [5.74, 6) is -0.273.